The molecule has 1 unspecified atom stereocenters. The first-order valence-corrected chi connectivity index (χ1v) is 10.1. The van der Waals surface area contributed by atoms with Crippen LogP contribution in [0.2, 0.25) is 0 Å². The molecule has 1 atom stereocenters. The Bertz CT molecular complexity index is 605. The van der Waals surface area contributed by atoms with Gasteiger partial charge in [0.1, 0.15) is 0 Å². The summed E-state index contributed by atoms with van der Waals surface area (Å²) in [6, 6.07) is 8.78. The lowest BCUT2D eigenvalue weighted by atomic mass is 10.0. The third kappa shape index (κ3) is 5.22. The van der Waals surface area contributed by atoms with Gasteiger partial charge in [-0.1, -0.05) is 30.3 Å². The van der Waals surface area contributed by atoms with Gasteiger partial charge in [0, 0.05) is 43.5 Å². The van der Waals surface area contributed by atoms with Gasteiger partial charge in [-0.3, -0.25) is 14.5 Å². The maximum atomic E-state index is 12.1. The number of hydrogen-bond donors (Lipinski definition) is 1. The number of nitrogens with one attached hydrogen (secondary N) is 1. The molecule has 5 nitrogen and oxygen atoms in total. The van der Waals surface area contributed by atoms with Crippen LogP contribution < -0.4 is 5.32 Å². The highest BCUT2D eigenvalue weighted by Gasteiger charge is 2.21. The van der Waals surface area contributed by atoms with E-state index >= 15 is 0 Å². The van der Waals surface area contributed by atoms with Gasteiger partial charge in [0.15, 0.2) is 0 Å². The number of likely N-dealkylation sites (tertiary alicyclic amines) is 1. The number of benzene rings is 1. The van der Waals surface area contributed by atoms with Crippen LogP contribution in [-0.2, 0) is 11.3 Å². The highest BCUT2D eigenvalue weighted by atomic mass is 32.2. The molecule has 2 aliphatic rings. The van der Waals surface area contributed by atoms with Crippen LogP contribution in [0.25, 0.3) is 0 Å². The fourth-order valence-electron chi connectivity index (χ4n) is 3.41. The van der Waals surface area contributed by atoms with Gasteiger partial charge in [0.25, 0.3) is 5.24 Å². The predicted octanol–water partition coefficient (Wildman–Crippen LogP) is 3.56. The van der Waals surface area contributed by atoms with Gasteiger partial charge in [0.2, 0.25) is 5.91 Å². The number of hydrogen-bond acceptors (Lipinski definition) is 4. The molecule has 2 amide bonds. The third-order valence-electron chi connectivity index (χ3n) is 5.02. The molecule has 0 spiro atoms. The average molecular weight is 362 g/mol. The zero-order valence-corrected chi connectivity index (χ0v) is 15.7. The maximum absolute atomic E-state index is 12.1. The molecule has 25 heavy (non-hydrogen) atoms. The quantitative estimate of drug-likeness (QED) is 0.842. The summed E-state index contributed by atoms with van der Waals surface area (Å²) in [5.74, 6) is 0.791. The van der Waals surface area contributed by atoms with Crippen molar-refractivity contribution in [3.8, 4) is 0 Å². The van der Waals surface area contributed by atoms with Crippen molar-refractivity contribution in [3.05, 3.63) is 29.8 Å². The topological polar surface area (TPSA) is 52.7 Å². The molecule has 2 fully saturated rings. The first-order chi connectivity index (χ1) is 12.1. The van der Waals surface area contributed by atoms with E-state index in [4.69, 9.17) is 0 Å². The van der Waals surface area contributed by atoms with Gasteiger partial charge >= 0.3 is 0 Å². The summed E-state index contributed by atoms with van der Waals surface area (Å²) in [5.41, 5.74) is 2.11. The van der Waals surface area contributed by atoms with Crippen LogP contribution >= 0.6 is 11.8 Å². The number of carbonyl (C=O) groups excluding carboxylic acids is 2. The van der Waals surface area contributed by atoms with Gasteiger partial charge in [0.05, 0.1) is 0 Å². The summed E-state index contributed by atoms with van der Waals surface area (Å²) in [6.45, 7) is 5.71. The van der Waals surface area contributed by atoms with Crippen molar-refractivity contribution in [3.63, 3.8) is 0 Å². The van der Waals surface area contributed by atoms with E-state index < -0.39 is 0 Å². The van der Waals surface area contributed by atoms with E-state index in [-0.39, 0.29) is 11.1 Å². The van der Waals surface area contributed by atoms with Crippen LogP contribution in [0.1, 0.15) is 38.2 Å². The third-order valence-corrected chi connectivity index (χ3v) is 5.91. The highest BCUT2D eigenvalue weighted by molar-refractivity contribution is 8.13. The average Bonchev–Trinajstić information content (AvgIpc) is 3.02. The zero-order valence-electron chi connectivity index (χ0n) is 14.9. The Balaban J connectivity index is 1.45. The normalized spacial score (nSPS) is 21.6. The summed E-state index contributed by atoms with van der Waals surface area (Å²) in [6.07, 6.45) is 4.26. The molecule has 1 aromatic carbocycles. The summed E-state index contributed by atoms with van der Waals surface area (Å²) < 4.78 is 0. The number of anilines is 1. The number of amides is 2. The van der Waals surface area contributed by atoms with Crippen molar-refractivity contribution in [2.75, 3.05) is 30.7 Å². The van der Waals surface area contributed by atoms with Crippen molar-refractivity contribution in [1.82, 2.24) is 9.80 Å². The monoisotopic (exact) mass is 361 g/mol. The van der Waals surface area contributed by atoms with E-state index in [2.05, 4.69) is 29.3 Å². The van der Waals surface area contributed by atoms with E-state index in [1.807, 2.05) is 12.1 Å². The number of carbonyl (C=O) groups is 2. The van der Waals surface area contributed by atoms with E-state index in [1.54, 1.807) is 4.90 Å². The summed E-state index contributed by atoms with van der Waals surface area (Å²) >= 11 is 1.33. The van der Waals surface area contributed by atoms with E-state index in [9.17, 15) is 9.59 Å². The second kappa shape index (κ2) is 8.72. The van der Waals surface area contributed by atoms with Crippen molar-refractivity contribution in [1.29, 1.82) is 0 Å². The first kappa shape index (κ1) is 18.3. The van der Waals surface area contributed by atoms with Crippen LogP contribution in [0.15, 0.2) is 24.3 Å². The molecule has 6 heteroatoms. The number of piperidine rings is 1. The lowest BCUT2D eigenvalue weighted by Gasteiger charge is -2.33. The standard InChI is InChI=1S/C19H27N3O2S/c1-15-4-2-3-10-22(15)14-16-5-7-17(8-6-16)20-18(23)9-11-21-12-13-25-19(21)24/h5-8,15H,2-4,9-14H2,1H3,(H,20,23). The molecule has 136 valence electrons. The Morgan fingerprint density at radius 1 is 1.24 bits per heavy atom. The molecule has 0 aliphatic carbocycles. The Labute approximate surface area is 154 Å². The number of rotatable bonds is 6. The molecular weight excluding hydrogens is 334 g/mol. The van der Waals surface area contributed by atoms with Crippen molar-refractivity contribution >= 4 is 28.6 Å². The number of nitrogens with zero attached hydrogens (tertiary/aromatic N) is 2. The summed E-state index contributed by atoms with van der Waals surface area (Å²) in [7, 11) is 0. The smallest absolute Gasteiger partial charge is 0.281 e. The first-order valence-electron chi connectivity index (χ1n) is 9.16. The minimum atomic E-state index is -0.0397. The van der Waals surface area contributed by atoms with Crippen LogP contribution in [0.5, 0.6) is 0 Å². The van der Waals surface area contributed by atoms with Gasteiger partial charge in [-0.25, -0.2) is 0 Å². The molecule has 3 rings (SSSR count). The summed E-state index contributed by atoms with van der Waals surface area (Å²) in [4.78, 5) is 27.9. The molecule has 0 bridgehead atoms. The Kier molecular flexibility index (Phi) is 6.37. The van der Waals surface area contributed by atoms with Crippen molar-refractivity contribution in [2.45, 2.75) is 45.2 Å². The van der Waals surface area contributed by atoms with Gasteiger partial charge in [-0.05, 0) is 44.0 Å². The molecule has 1 N–H and O–H groups in total. The van der Waals surface area contributed by atoms with Crippen LogP contribution in [0, 0.1) is 0 Å². The molecule has 1 aromatic rings. The number of thioether (sulfide) groups is 1. The van der Waals surface area contributed by atoms with Crippen LogP contribution in [0.3, 0.4) is 0 Å². The van der Waals surface area contributed by atoms with Gasteiger partial charge in [-0.15, -0.1) is 0 Å². The lowest BCUT2D eigenvalue weighted by molar-refractivity contribution is -0.116. The molecule has 2 aliphatic heterocycles. The van der Waals surface area contributed by atoms with Gasteiger partial charge in [-0.2, -0.15) is 0 Å². The zero-order chi connectivity index (χ0) is 17.6. The molecule has 2 heterocycles. The summed E-state index contributed by atoms with van der Waals surface area (Å²) in [5, 5.41) is 3.01. The van der Waals surface area contributed by atoms with Gasteiger partial charge < -0.3 is 10.2 Å². The van der Waals surface area contributed by atoms with Crippen molar-refractivity contribution in [2.24, 2.45) is 0 Å². The minimum absolute atomic E-state index is 0.0397. The largest absolute Gasteiger partial charge is 0.332 e. The van der Waals surface area contributed by atoms with E-state index in [0.717, 1.165) is 24.5 Å². The predicted molar refractivity (Wildman–Crippen MR) is 103 cm³/mol. The molecule has 0 aromatic heterocycles. The molecule has 0 saturated carbocycles. The second-order valence-corrected chi connectivity index (χ2v) is 7.96. The highest BCUT2D eigenvalue weighted by Crippen LogP contribution is 2.20. The fourth-order valence-corrected chi connectivity index (χ4v) is 4.26. The van der Waals surface area contributed by atoms with Crippen molar-refractivity contribution < 1.29 is 9.59 Å². The minimum Gasteiger partial charge on any atom is -0.332 e. The molecule has 2 saturated heterocycles. The van der Waals surface area contributed by atoms with E-state index in [0.29, 0.717) is 19.0 Å². The Morgan fingerprint density at radius 3 is 2.72 bits per heavy atom. The molecular formula is C19H27N3O2S. The van der Waals surface area contributed by atoms with Crippen LogP contribution in [0.4, 0.5) is 10.5 Å². The molecule has 0 radical (unpaired) electrons. The second-order valence-electron chi connectivity index (χ2n) is 6.91. The fraction of sp³-hybridized carbons (Fsp3) is 0.579. The van der Waals surface area contributed by atoms with Crippen LogP contribution in [-0.4, -0.2) is 52.4 Å². The SMILES string of the molecule is CC1CCCCN1Cc1ccc(NC(=O)CCN2CCSC2=O)cc1. The maximum Gasteiger partial charge on any atom is 0.281 e. The lowest BCUT2D eigenvalue weighted by Crippen LogP contribution is -2.36. The Hall–Kier alpha value is -1.53. The Morgan fingerprint density at radius 2 is 2.04 bits per heavy atom. The van der Waals surface area contributed by atoms with E-state index in [1.165, 1.54) is 43.1 Å².